The van der Waals surface area contributed by atoms with Crippen LogP contribution in [0.2, 0.25) is 0 Å². The van der Waals surface area contributed by atoms with Crippen molar-refractivity contribution >= 4 is 28.1 Å². The minimum absolute atomic E-state index is 0.539. The van der Waals surface area contributed by atoms with Crippen LogP contribution >= 0.6 is 0 Å². The molecule has 2 aromatic heterocycles. The molecule has 2 heterocycles. The Labute approximate surface area is 170 Å². The lowest BCUT2D eigenvalue weighted by Crippen LogP contribution is -2.19. The molecule has 0 saturated carbocycles. The predicted molar refractivity (Wildman–Crippen MR) is 118 cm³/mol. The van der Waals surface area contributed by atoms with E-state index in [0.717, 1.165) is 46.0 Å². The summed E-state index contributed by atoms with van der Waals surface area (Å²) in [5.74, 6) is 1.67. The number of hydrogen-bond acceptors (Lipinski definition) is 6. The smallest absolute Gasteiger partial charge is 0.150 e. The number of nitrogens with zero attached hydrogens (tertiary/aromatic N) is 5. The maximum atomic E-state index is 4.88. The number of nitrogens with one attached hydrogen (secondary N) is 2. The molecule has 4 aromatic rings. The fourth-order valence-electron chi connectivity index (χ4n) is 3.41. The fourth-order valence-corrected chi connectivity index (χ4v) is 3.41. The van der Waals surface area contributed by atoms with Gasteiger partial charge in [0.05, 0.1) is 29.6 Å². The highest BCUT2D eigenvalue weighted by Crippen LogP contribution is 2.25. The number of aryl methyl sites for hydroxylation is 1. The van der Waals surface area contributed by atoms with Crippen LogP contribution in [0.4, 0.5) is 17.2 Å². The third kappa shape index (κ3) is 4.13. The lowest BCUT2D eigenvalue weighted by atomic mass is 10.2. The van der Waals surface area contributed by atoms with Crippen LogP contribution in [0.1, 0.15) is 11.4 Å². The van der Waals surface area contributed by atoms with Crippen LogP contribution in [-0.4, -0.2) is 33.8 Å². The lowest BCUT2D eigenvalue weighted by molar-refractivity contribution is 0.766. The van der Waals surface area contributed by atoms with Crippen LogP contribution in [0.5, 0.6) is 0 Å². The van der Waals surface area contributed by atoms with Gasteiger partial charge < -0.3 is 15.5 Å². The van der Waals surface area contributed by atoms with Crippen molar-refractivity contribution in [3.8, 4) is 0 Å². The van der Waals surface area contributed by atoms with Gasteiger partial charge in [-0.1, -0.05) is 24.3 Å². The van der Waals surface area contributed by atoms with E-state index < -0.39 is 0 Å². The molecule has 2 N–H and O–H groups in total. The van der Waals surface area contributed by atoms with E-state index in [1.165, 1.54) is 0 Å². The summed E-state index contributed by atoms with van der Waals surface area (Å²) in [4.78, 5) is 11.8. The monoisotopic (exact) mass is 387 g/mol. The zero-order valence-electron chi connectivity index (χ0n) is 16.9. The SMILES string of the molecule is CNc1ccccc1NCc1nc(N(C)Cc2cnn(C)c2)c2ccccc2n1. The van der Waals surface area contributed by atoms with Gasteiger partial charge in [-0.05, 0) is 24.3 Å². The number of benzene rings is 2. The molecular weight excluding hydrogens is 362 g/mol. The van der Waals surface area contributed by atoms with Gasteiger partial charge in [0.2, 0.25) is 0 Å². The van der Waals surface area contributed by atoms with Gasteiger partial charge in [-0.25, -0.2) is 9.97 Å². The summed E-state index contributed by atoms with van der Waals surface area (Å²) >= 11 is 0. The number of para-hydroxylation sites is 3. The van der Waals surface area contributed by atoms with Gasteiger partial charge in [0.1, 0.15) is 11.6 Å². The second-order valence-corrected chi connectivity index (χ2v) is 7.01. The quantitative estimate of drug-likeness (QED) is 0.504. The van der Waals surface area contributed by atoms with Crippen molar-refractivity contribution < 1.29 is 0 Å². The first-order valence-electron chi connectivity index (χ1n) is 9.59. The predicted octanol–water partition coefficient (Wildman–Crippen LogP) is 3.65. The topological polar surface area (TPSA) is 70.9 Å². The third-order valence-corrected chi connectivity index (χ3v) is 4.80. The molecule has 0 saturated heterocycles. The Balaban J connectivity index is 1.63. The van der Waals surface area contributed by atoms with Crippen molar-refractivity contribution in [2.75, 3.05) is 29.6 Å². The van der Waals surface area contributed by atoms with Gasteiger partial charge in [0, 0.05) is 44.8 Å². The molecular formula is C22H25N7. The first-order chi connectivity index (χ1) is 14.1. The zero-order chi connectivity index (χ0) is 20.2. The molecule has 0 aliphatic carbocycles. The minimum atomic E-state index is 0.539. The maximum Gasteiger partial charge on any atom is 0.150 e. The van der Waals surface area contributed by atoms with Crippen molar-refractivity contribution in [1.29, 1.82) is 0 Å². The van der Waals surface area contributed by atoms with Gasteiger partial charge in [0.15, 0.2) is 0 Å². The Bertz CT molecular complexity index is 1120. The molecule has 0 spiro atoms. The van der Waals surface area contributed by atoms with E-state index in [9.17, 15) is 0 Å². The van der Waals surface area contributed by atoms with Crippen molar-refractivity contribution in [3.05, 3.63) is 72.3 Å². The van der Waals surface area contributed by atoms with Crippen LogP contribution in [0.15, 0.2) is 60.9 Å². The Morgan fingerprint density at radius 3 is 2.52 bits per heavy atom. The summed E-state index contributed by atoms with van der Waals surface area (Å²) in [5, 5.41) is 11.9. The highest BCUT2D eigenvalue weighted by molar-refractivity contribution is 5.89. The summed E-state index contributed by atoms with van der Waals surface area (Å²) in [7, 11) is 5.89. The zero-order valence-corrected chi connectivity index (χ0v) is 16.9. The molecule has 2 aromatic carbocycles. The Morgan fingerprint density at radius 2 is 1.76 bits per heavy atom. The standard InChI is InChI=1S/C22H25N7/c1-23-19-10-6-7-11-20(19)24-13-21-26-18-9-5-4-8-17(18)22(27-21)28(2)14-16-12-25-29(3)15-16/h4-12,15,23-24H,13-14H2,1-3H3. The van der Waals surface area contributed by atoms with Crippen LogP contribution in [0.25, 0.3) is 10.9 Å². The molecule has 0 bridgehead atoms. The molecule has 7 heteroatoms. The number of anilines is 3. The van der Waals surface area contributed by atoms with E-state index in [-0.39, 0.29) is 0 Å². The van der Waals surface area contributed by atoms with E-state index in [2.05, 4.69) is 33.7 Å². The molecule has 0 aliphatic rings. The lowest BCUT2D eigenvalue weighted by Gasteiger charge is -2.20. The highest BCUT2D eigenvalue weighted by Gasteiger charge is 2.13. The molecule has 0 amide bonds. The summed E-state index contributed by atoms with van der Waals surface area (Å²) in [5.41, 5.74) is 4.15. The van der Waals surface area contributed by atoms with E-state index in [0.29, 0.717) is 6.54 Å². The molecule has 0 unspecified atom stereocenters. The summed E-state index contributed by atoms with van der Waals surface area (Å²) in [6, 6.07) is 16.2. The Hall–Kier alpha value is -3.61. The van der Waals surface area contributed by atoms with Gasteiger partial charge >= 0.3 is 0 Å². The van der Waals surface area contributed by atoms with E-state index >= 15 is 0 Å². The first kappa shape index (κ1) is 18.7. The van der Waals surface area contributed by atoms with Crippen molar-refractivity contribution in [2.24, 2.45) is 7.05 Å². The van der Waals surface area contributed by atoms with Crippen molar-refractivity contribution in [1.82, 2.24) is 19.7 Å². The molecule has 148 valence electrons. The van der Waals surface area contributed by atoms with Gasteiger partial charge in [-0.3, -0.25) is 4.68 Å². The van der Waals surface area contributed by atoms with Crippen molar-refractivity contribution in [2.45, 2.75) is 13.1 Å². The van der Waals surface area contributed by atoms with Crippen LogP contribution in [-0.2, 0) is 20.1 Å². The minimum Gasteiger partial charge on any atom is -0.386 e. The molecule has 0 radical (unpaired) electrons. The Morgan fingerprint density at radius 1 is 1.00 bits per heavy atom. The van der Waals surface area contributed by atoms with Gasteiger partial charge in [0.25, 0.3) is 0 Å². The fraction of sp³-hybridized carbons (Fsp3) is 0.227. The summed E-state index contributed by atoms with van der Waals surface area (Å²) < 4.78 is 1.82. The third-order valence-electron chi connectivity index (χ3n) is 4.80. The first-order valence-corrected chi connectivity index (χ1v) is 9.59. The normalized spacial score (nSPS) is 10.9. The molecule has 0 fully saturated rings. The number of fused-ring (bicyclic) bond motifs is 1. The number of rotatable bonds is 7. The molecule has 4 rings (SSSR count). The van der Waals surface area contributed by atoms with E-state index in [1.807, 2.05) is 73.6 Å². The number of hydrogen-bond donors (Lipinski definition) is 2. The van der Waals surface area contributed by atoms with Gasteiger partial charge in [-0.2, -0.15) is 5.10 Å². The van der Waals surface area contributed by atoms with E-state index in [1.54, 1.807) is 0 Å². The molecule has 0 aliphatic heterocycles. The van der Waals surface area contributed by atoms with E-state index in [4.69, 9.17) is 9.97 Å². The molecule has 0 atom stereocenters. The van der Waals surface area contributed by atoms with Crippen molar-refractivity contribution in [3.63, 3.8) is 0 Å². The Kier molecular flexibility index (Phi) is 5.29. The van der Waals surface area contributed by atoms with Crippen LogP contribution < -0.4 is 15.5 Å². The van der Waals surface area contributed by atoms with Crippen LogP contribution in [0, 0.1) is 0 Å². The second-order valence-electron chi connectivity index (χ2n) is 7.01. The highest BCUT2D eigenvalue weighted by atomic mass is 15.2. The molecule has 7 nitrogen and oxygen atoms in total. The maximum absolute atomic E-state index is 4.88. The van der Waals surface area contributed by atoms with Crippen LogP contribution in [0.3, 0.4) is 0 Å². The average Bonchev–Trinajstić information content (AvgIpc) is 3.16. The second kappa shape index (κ2) is 8.18. The summed E-state index contributed by atoms with van der Waals surface area (Å²) in [6.07, 6.45) is 3.91. The molecule has 29 heavy (non-hydrogen) atoms. The summed E-state index contributed by atoms with van der Waals surface area (Å²) in [6.45, 7) is 1.27. The van der Waals surface area contributed by atoms with Gasteiger partial charge in [-0.15, -0.1) is 0 Å². The average molecular weight is 387 g/mol. The number of aromatic nitrogens is 4. The largest absolute Gasteiger partial charge is 0.386 e.